The van der Waals surface area contributed by atoms with E-state index in [1.807, 2.05) is 19.1 Å². The summed E-state index contributed by atoms with van der Waals surface area (Å²) in [5, 5.41) is 0.911. The van der Waals surface area contributed by atoms with Gasteiger partial charge in [-0.05, 0) is 94.2 Å². The number of halogens is 2. The standard InChI is InChI=1S/C18H14BrCl.C5H6O/c19-12-5-7-13-11(10-12)4-6-16-14-2-1-3-18(20)17(14)9-8-15(13)16;1-5-2-3-6-4-5/h1-4,6,10H,5,7-9H2;2-4H,1H3. The molecule has 0 unspecified atom stereocenters. The summed E-state index contributed by atoms with van der Waals surface area (Å²) in [5.74, 6) is 0. The zero-order valence-electron chi connectivity index (χ0n) is 14.7. The molecular formula is C23H20BrClO. The molecule has 3 aromatic rings. The minimum Gasteiger partial charge on any atom is -0.472 e. The normalized spacial score (nSPS) is 14.3. The molecule has 26 heavy (non-hydrogen) atoms. The van der Waals surface area contributed by atoms with Crippen molar-refractivity contribution in [2.24, 2.45) is 0 Å². The molecule has 0 fully saturated rings. The minimum absolute atomic E-state index is 0.911. The number of rotatable bonds is 0. The largest absolute Gasteiger partial charge is 0.472 e. The van der Waals surface area contributed by atoms with Crippen molar-refractivity contribution >= 4 is 33.6 Å². The van der Waals surface area contributed by atoms with Crippen LogP contribution in [-0.2, 0) is 19.3 Å². The first kappa shape index (κ1) is 17.6. The second-order valence-electron chi connectivity index (χ2n) is 6.82. The van der Waals surface area contributed by atoms with Gasteiger partial charge in [0, 0.05) is 5.02 Å². The van der Waals surface area contributed by atoms with E-state index in [0.29, 0.717) is 0 Å². The summed E-state index contributed by atoms with van der Waals surface area (Å²) in [6.45, 7) is 1.99. The molecule has 0 saturated carbocycles. The van der Waals surface area contributed by atoms with E-state index in [1.165, 1.54) is 43.4 Å². The predicted octanol–water partition coefficient (Wildman–Crippen LogP) is 7.38. The molecule has 2 aliphatic rings. The van der Waals surface area contributed by atoms with Crippen molar-refractivity contribution in [3.63, 3.8) is 0 Å². The Hall–Kier alpha value is -1.77. The SMILES string of the molecule is Cc1ccoc1.Clc1cccc2c1CCc1c-2ccc2c1CCC(Br)=C2. The van der Waals surface area contributed by atoms with Crippen molar-refractivity contribution in [2.45, 2.75) is 32.6 Å². The van der Waals surface area contributed by atoms with E-state index in [2.05, 4.69) is 46.3 Å². The van der Waals surface area contributed by atoms with Crippen molar-refractivity contribution in [2.75, 3.05) is 0 Å². The van der Waals surface area contributed by atoms with Crippen LogP contribution < -0.4 is 0 Å². The van der Waals surface area contributed by atoms with Gasteiger partial charge in [-0.3, -0.25) is 0 Å². The molecule has 0 aliphatic heterocycles. The Morgan fingerprint density at radius 2 is 1.65 bits per heavy atom. The van der Waals surface area contributed by atoms with Gasteiger partial charge in [0.2, 0.25) is 0 Å². The molecule has 1 nitrogen and oxygen atoms in total. The second-order valence-corrected chi connectivity index (χ2v) is 8.24. The highest BCUT2D eigenvalue weighted by atomic mass is 79.9. The third kappa shape index (κ3) is 3.41. The van der Waals surface area contributed by atoms with E-state index in [-0.39, 0.29) is 0 Å². The van der Waals surface area contributed by atoms with Crippen LogP contribution in [0.1, 0.15) is 34.2 Å². The van der Waals surface area contributed by atoms with Crippen molar-refractivity contribution in [1.82, 2.24) is 0 Å². The van der Waals surface area contributed by atoms with E-state index in [9.17, 15) is 0 Å². The minimum atomic E-state index is 0.911. The maximum Gasteiger partial charge on any atom is 0.0931 e. The molecule has 0 radical (unpaired) electrons. The molecule has 0 N–H and O–H groups in total. The van der Waals surface area contributed by atoms with E-state index in [0.717, 1.165) is 30.7 Å². The lowest BCUT2D eigenvalue weighted by molar-refractivity contribution is 0.565. The zero-order chi connectivity index (χ0) is 18.1. The Kier molecular flexibility index (Phi) is 5.06. The lowest BCUT2D eigenvalue weighted by Gasteiger charge is -2.26. The number of fused-ring (bicyclic) bond motifs is 5. The average Bonchev–Trinajstić information content (AvgIpc) is 3.12. The summed E-state index contributed by atoms with van der Waals surface area (Å²) in [6, 6.07) is 12.7. The van der Waals surface area contributed by atoms with E-state index >= 15 is 0 Å². The Bertz CT molecular complexity index is 970. The van der Waals surface area contributed by atoms with Crippen LogP contribution in [0.3, 0.4) is 0 Å². The molecule has 2 aliphatic carbocycles. The highest BCUT2D eigenvalue weighted by Crippen LogP contribution is 2.41. The fourth-order valence-electron chi connectivity index (χ4n) is 3.81. The van der Waals surface area contributed by atoms with Gasteiger partial charge in [-0.25, -0.2) is 0 Å². The van der Waals surface area contributed by atoms with Gasteiger partial charge in [-0.2, -0.15) is 0 Å². The molecule has 3 heteroatoms. The van der Waals surface area contributed by atoms with E-state index in [4.69, 9.17) is 16.0 Å². The molecule has 1 aromatic heterocycles. The maximum atomic E-state index is 6.36. The first-order valence-corrected chi connectivity index (χ1v) is 10.1. The molecule has 132 valence electrons. The zero-order valence-corrected chi connectivity index (χ0v) is 17.0. The van der Waals surface area contributed by atoms with Crippen molar-refractivity contribution in [1.29, 1.82) is 0 Å². The average molecular weight is 428 g/mol. The van der Waals surface area contributed by atoms with Gasteiger partial charge in [-0.1, -0.05) is 51.8 Å². The first-order valence-electron chi connectivity index (χ1n) is 8.91. The Labute approximate surface area is 167 Å². The first-order chi connectivity index (χ1) is 12.6. The van der Waals surface area contributed by atoms with Crippen LogP contribution >= 0.6 is 27.5 Å². The quantitative estimate of drug-likeness (QED) is 0.365. The highest BCUT2D eigenvalue weighted by Gasteiger charge is 2.22. The van der Waals surface area contributed by atoms with Crippen molar-refractivity contribution in [3.05, 3.63) is 86.2 Å². The predicted molar refractivity (Wildman–Crippen MR) is 113 cm³/mol. The fraction of sp³-hybridized carbons (Fsp3) is 0.217. The van der Waals surface area contributed by atoms with Gasteiger partial charge < -0.3 is 4.42 Å². The highest BCUT2D eigenvalue weighted by molar-refractivity contribution is 9.11. The van der Waals surface area contributed by atoms with Crippen LogP contribution in [0.5, 0.6) is 0 Å². The van der Waals surface area contributed by atoms with Gasteiger partial charge in [0.05, 0.1) is 12.5 Å². The van der Waals surface area contributed by atoms with Crippen LogP contribution in [0.15, 0.2) is 57.8 Å². The Balaban J connectivity index is 0.000000240. The van der Waals surface area contributed by atoms with Gasteiger partial charge in [0.1, 0.15) is 0 Å². The van der Waals surface area contributed by atoms with Crippen LogP contribution in [0.2, 0.25) is 5.02 Å². The molecule has 2 aromatic carbocycles. The maximum absolute atomic E-state index is 6.36. The third-order valence-electron chi connectivity index (χ3n) is 5.09. The molecule has 0 amide bonds. The molecular weight excluding hydrogens is 408 g/mol. The number of aryl methyl sites for hydroxylation is 1. The number of allylic oxidation sites excluding steroid dienone is 1. The van der Waals surface area contributed by atoms with Crippen LogP contribution in [-0.4, -0.2) is 0 Å². The van der Waals surface area contributed by atoms with Gasteiger partial charge in [-0.15, -0.1) is 0 Å². The molecule has 5 rings (SSSR count). The summed E-state index contributed by atoms with van der Waals surface area (Å²) in [5.41, 5.74) is 9.66. The van der Waals surface area contributed by atoms with Crippen LogP contribution in [0.4, 0.5) is 0 Å². The fourth-order valence-corrected chi connectivity index (χ4v) is 4.53. The number of furan rings is 1. The molecule has 0 bridgehead atoms. The Morgan fingerprint density at radius 1 is 0.885 bits per heavy atom. The van der Waals surface area contributed by atoms with Crippen LogP contribution in [0.25, 0.3) is 17.2 Å². The molecule has 0 spiro atoms. The lowest BCUT2D eigenvalue weighted by atomic mass is 9.79. The van der Waals surface area contributed by atoms with E-state index in [1.54, 1.807) is 12.5 Å². The summed E-state index contributed by atoms with van der Waals surface area (Å²) >= 11 is 9.99. The summed E-state index contributed by atoms with van der Waals surface area (Å²) in [6.07, 6.45) is 10.1. The summed E-state index contributed by atoms with van der Waals surface area (Å²) < 4.78 is 6.02. The summed E-state index contributed by atoms with van der Waals surface area (Å²) in [4.78, 5) is 0. The smallest absolute Gasteiger partial charge is 0.0931 e. The van der Waals surface area contributed by atoms with E-state index < -0.39 is 0 Å². The Morgan fingerprint density at radius 3 is 2.38 bits per heavy atom. The second kappa shape index (κ2) is 7.46. The van der Waals surface area contributed by atoms with Crippen molar-refractivity contribution < 1.29 is 4.42 Å². The van der Waals surface area contributed by atoms with Gasteiger partial charge in [0.25, 0.3) is 0 Å². The molecule has 0 saturated heterocycles. The number of hydrogen-bond donors (Lipinski definition) is 0. The topological polar surface area (TPSA) is 13.1 Å². The molecule has 0 atom stereocenters. The lowest BCUT2D eigenvalue weighted by Crippen LogP contribution is -2.10. The molecule has 1 heterocycles. The number of hydrogen-bond acceptors (Lipinski definition) is 1. The van der Waals surface area contributed by atoms with Crippen molar-refractivity contribution in [3.8, 4) is 11.1 Å². The van der Waals surface area contributed by atoms with Gasteiger partial charge >= 0.3 is 0 Å². The monoisotopic (exact) mass is 426 g/mol. The third-order valence-corrected chi connectivity index (χ3v) is 6.07. The van der Waals surface area contributed by atoms with Gasteiger partial charge in [0.15, 0.2) is 0 Å². The van der Waals surface area contributed by atoms with Crippen LogP contribution in [0, 0.1) is 6.92 Å². The number of benzene rings is 2. The summed E-state index contributed by atoms with van der Waals surface area (Å²) in [7, 11) is 0.